The lowest BCUT2D eigenvalue weighted by molar-refractivity contribution is 1.41. The van der Waals surface area contributed by atoms with Crippen LogP contribution >= 0.6 is 11.9 Å². The summed E-state index contributed by atoms with van der Waals surface area (Å²) in [7, 11) is 3.47. The molecular formula is C15H20N4S. The van der Waals surface area contributed by atoms with E-state index in [1.807, 2.05) is 44.2 Å². The minimum absolute atomic E-state index is 0.824. The fourth-order valence-electron chi connectivity index (χ4n) is 1.53. The van der Waals surface area contributed by atoms with Crippen LogP contribution < -0.4 is 4.72 Å². The van der Waals surface area contributed by atoms with Gasteiger partial charge >= 0.3 is 0 Å². The van der Waals surface area contributed by atoms with Gasteiger partial charge < -0.3 is 4.72 Å². The van der Waals surface area contributed by atoms with Gasteiger partial charge in [0.1, 0.15) is 5.04 Å². The maximum Gasteiger partial charge on any atom is 0.129 e. The van der Waals surface area contributed by atoms with Gasteiger partial charge in [0.05, 0.1) is 17.4 Å². The Morgan fingerprint density at radius 2 is 1.95 bits per heavy atom. The minimum atomic E-state index is 0.824. The Hall–Kier alpha value is -1.88. The Morgan fingerprint density at radius 3 is 2.65 bits per heavy atom. The molecule has 20 heavy (non-hydrogen) atoms. The molecule has 0 aliphatic heterocycles. The summed E-state index contributed by atoms with van der Waals surface area (Å²) in [6.45, 7) is 4.00. The number of fused-ring (bicyclic) bond motifs is 1. The lowest BCUT2D eigenvalue weighted by Gasteiger charge is -2.07. The van der Waals surface area contributed by atoms with E-state index in [0.29, 0.717) is 0 Å². The van der Waals surface area contributed by atoms with Crippen LogP contribution in [0.25, 0.3) is 10.9 Å². The van der Waals surface area contributed by atoms with Crippen molar-refractivity contribution >= 4 is 39.8 Å². The molecule has 4 nitrogen and oxygen atoms in total. The molecule has 0 bridgehead atoms. The third kappa shape index (κ3) is 4.35. The number of rotatable bonds is 3. The molecule has 1 N–H and O–H groups in total. The maximum atomic E-state index is 4.38. The highest BCUT2D eigenvalue weighted by Gasteiger charge is 2.02. The van der Waals surface area contributed by atoms with Crippen LogP contribution in [-0.4, -0.2) is 30.3 Å². The standard InChI is InChI=1S/C13H14N4S.C2H6/c1-14-9-12(15-2)18-17-11-7-3-5-10-6-4-8-16-13(10)11;1-2/h3-9,17H,1-2H3;1-2H3. The third-order valence-electron chi connectivity index (χ3n) is 2.36. The lowest BCUT2D eigenvalue weighted by Crippen LogP contribution is -1.99. The second-order valence-electron chi connectivity index (χ2n) is 3.53. The number of hydrogen-bond donors (Lipinski definition) is 1. The van der Waals surface area contributed by atoms with Crippen molar-refractivity contribution in [2.24, 2.45) is 9.98 Å². The molecule has 0 radical (unpaired) electrons. The van der Waals surface area contributed by atoms with Gasteiger partial charge in [-0.15, -0.1) is 0 Å². The Balaban J connectivity index is 0.000000956. The van der Waals surface area contributed by atoms with E-state index in [-0.39, 0.29) is 0 Å². The first-order valence-electron chi connectivity index (χ1n) is 6.50. The molecule has 0 saturated heterocycles. The molecule has 0 unspecified atom stereocenters. The highest BCUT2D eigenvalue weighted by molar-refractivity contribution is 8.16. The molecule has 1 aromatic carbocycles. The van der Waals surface area contributed by atoms with E-state index < -0.39 is 0 Å². The van der Waals surface area contributed by atoms with Gasteiger partial charge in [0.25, 0.3) is 0 Å². The molecule has 0 atom stereocenters. The third-order valence-corrected chi connectivity index (χ3v) is 3.18. The fraction of sp³-hybridized carbons (Fsp3) is 0.267. The van der Waals surface area contributed by atoms with Crippen LogP contribution in [0.4, 0.5) is 5.69 Å². The van der Waals surface area contributed by atoms with Crippen molar-refractivity contribution < 1.29 is 0 Å². The van der Waals surface area contributed by atoms with Crippen LogP contribution in [0.1, 0.15) is 13.8 Å². The summed E-state index contributed by atoms with van der Waals surface area (Å²) in [5.74, 6) is 0. The topological polar surface area (TPSA) is 49.6 Å². The van der Waals surface area contributed by atoms with Crippen molar-refractivity contribution in [3.05, 3.63) is 36.5 Å². The quantitative estimate of drug-likeness (QED) is 0.526. The summed E-state index contributed by atoms with van der Waals surface area (Å²) in [6.07, 6.45) is 3.51. The molecule has 0 aliphatic carbocycles. The van der Waals surface area contributed by atoms with Crippen molar-refractivity contribution in [1.29, 1.82) is 0 Å². The van der Waals surface area contributed by atoms with Gasteiger partial charge in [0, 0.05) is 37.6 Å². The van der Waals surface area contributed by atoms with E-state index in [1.165, 1.54) is 11.9 Å². The number of nitrogens with one attached hydrogen (secondary N) is 1. The molecule has 5 heteroatoms. The van der Waals surface area contributed by atoms with Crippen LogP contribution in [0.3, 0.4) is 0 Å². The minimum Gasteiger partial charge on any atom is -0.322 e. The largest absolute Gasteiger partial charge is 0.322 e. The van der Waals surface area contributed by atoms with Crippen LogP contribution in [0.2, 0.25) is 0 Å². The maximum absolute atomic E-state index is 4.38. The van der Waals surface area contributed by atoms with E-state index in [4.69, 9.17) is 0 Å². The Bertz CT molecular complexity index is 588. The Kier molecular flexibility index (Phi) is 7.35. The van der Waals surface area contributed by atoms with Gasteiger partial charge in [0.2, 0.25) is 0 Å². The van der Waals surface area contributed by atoms with E-state index in [2.05, 4.69) is 19.7 Å². The van der Waals surface area contributed by atoms with E-state index in [1.54, 1.807) is 26.5 Å². The molecule has 1 aromatic heterocycles. The summed E-state index contributed by atoms with van der Waals surface area (Å²) in [6, 6.07) is 10.0. The fourth-order valence-corrected chi connectivity index (χ4v) is 2.16. The number of aromatic nitrogens is 1. The molecule has 106 valence electrons. The highest BCUT2D eigenvalue weighted by atomic mass is 32.2. The number of hydrogen-bond acceptors (Lipinski definition) is 5. The smallest absolute Gasteiger partial charge is 0.129 e. The molecule has 0 fully saturated rings. The van der Waals surface area contributed by atoms with Crippen molar-refractivity contribution in [3.63, 3.8) is 0 Å². The zero-order valence-corrected chi connectivity index (χ0v) is 13.1. The van der Waals surface area contributed by atoms with E-state index in [9.17, 15) is 0 Å². The molecule has 0 aliphatic rings. The molecule has 2 aromatic rings. The van der Waals surface area contributed by atoms with Crippen LogP contribution in [0.15, 0.2) is 46.5 Å². The zero-order chi connectivity index (χ0) is 14.8. The van der Waals surface area contributed by atoms with Gasteiger partial charge in [-0.2, -0.15) is 0 Å². The Morgan fingerprint density at radius 1 is 1.20 bits per heavy atom. The summed E-state index contributed by atoms with van der Waals surface area (Å²) in [4.78, 5) is 12.5. The zero-order valence-electron chi connectivity index (χ0n) is 12.3. The molecule has 0 saturated carbocycles. The van der Waals surface area contributed by atoms with Crippen LogP contribution in [0, 0.1) is 0 Å². The summed E-state index contributed by atoms with van der Waals surface area (Å²) < 4.78 is 3.26. The van der Waals surface area contributed by atoms with Gasteiger partial charge in [-0.1, -0.05) is 32.0 Å². The van der Waals surface area contributed by atoms with Crippen molar-refractivity contribution in [2.45, 2.75) is 13.8 Å². The SMILES string of the molecule is CC.CN=CC(=NC)SNc1cccc2cccnc12. The molecule has 0 spiro atoms. The first kappa shape index (κ1) is 16.2. The molecule has 2 rings (SSSR count). The number of aliphatic imine (C=N–C) groups is 2. The van der Waals surface area contributed by atoms with Crippen LogP contribution in [-0.2, 0) is 0 Å². The second-order valence-corrected chi connectivity index (χ2v) is 4.36. The van der Waals surface area contributed by atoms with Gasteiger partial charge in [-0.25, -0.2) is 0 Å². The summed E-state index contributed by atoms with van der Waals surface area (Å²) >= 11 is 1.42. The number of nitrogens with zero attached hydrogens (tertiary/aromatic N) is 3. The summed E-state index contributed by atoms with van der Waals surface area (Å²) in [5, 5.41) is 1.94. The van der Waals surface area contributed by atoms with Crippen molar-refractivity contribution in [2.75, 3.05) is 18.8 Å². The van der Waals surface area contributed by atoms with Crippen LogP contribution in [0.5, 0.6) is 0 Å². The lowest BCUT2D eigenvalue weighted by atomic mass is 10.2. The predicted octanol–water partition coefficient (Wildman–Crippen LogP) is 4.05. The van der Waals surface area contributed by atoms with E-state index >= 15 is 0 Å². The second kappa shape index (κ2) is 9.09. The molecule has 0 amide bonds. The first-order chi connectivity index (χ1) is 9.85. The normalized spacial score (nSPS) is 11.3. The number of benzene rings is 1. The average Bonchev–Trinajstić information content (AvgIpc) is 2.53. The number of anilines is 1. The monoisotopic (exact) mass is 288 g/mol. The first-order valence-corrected chi connectivity index (χ1v) is 7.32. The number of para-hydroxylation sites is 1. The van der Waals surface area contributed by atoms with Crippen molar-refractivity contribution in [3.8, 4) is 0 Å². The highest BCUT2D eigenvalue weighted by Crippen LogP contribution is 2.23. The molecule has 1 heterocycles. The summed E-state index contributed by atoms with van der Waals surface area (Å²) in [5.41, 5.74) is 1.93. The van der Waals surface area contributed by atoms with Gasteiger partial charge in [-0.05, 0) is 12.1 Å². The van der Waals surface area contributed by atoms with Gasteiger partial charge in [-0.3, -0.25) is 15.0 Å². The number of pyridine rings is 1. The van der Waals surface area contributed by atoms with Gasteiger partial charge in [0.15, 0.2) is 0 Å². The average molecular weight is 288 g/mol. The predicted molar refractivity (Wildman–Crippen MR) is 92.1 cm³/mol. The Labute approximate surface area is 124 Å². The van der Waals surface area contributed by atoms with E-state index in [0.717, 1.165) is 21.6 Å². The molecular weight excluding hydrogens is 268 g/mol. The van der Waals surface area contributed by atoms with Crippen molar-refractivity contribution in [1.82, 2.24) is 4.98 Å².